The second-order valence-electron chi connectivity index (χ2n) is 6.23. The molecule has 7 nitrogen and oxygen atoms in total. The van der Waals surface area contributed by atoms with Crippen LogP contribution in [0.15, 0.2) is 48.5 Å². The maximum atomic E-state index is 12.0. The van der Waals surface area contributed by atoms with Crippen molar-refractivity contribution >= 4 is 61.1 Å². The zero-order chi connectivity index (χ0) is 17.4. The lowest BCUT2D eigenvalue weighted by molar-refractivity contribution is -0.112. The minimum Gasteiger partial charge on any atom is -0.301 e. The molecule has 1 N–H and O–H groups in total. The van der Waals surface area contributed by atoms with E-state index in [1.807, 2.05) is 36.4 Å². The Morgan fingerprint density at radius 3 is 2.19 bits per heavy atom. The highest BCUT2D eigenvalue weighted by atomic mass is 16.2. The number of aromatic nitrogens is 4. The van der Waals surface area contributed by atoms with Crippen molar-refractivity contribution in [3.63, 3.8) is 0 Å². The fourth-order valence-electron chi connectivity index (χ4n) is 3.80. The Bertz CT molecular complexity index is 1420. The minimum absolute atomic E-state index is 0.335. The first-order valence-corrected chi connectivity index (χ1v) is 8.08. The van der Waals surface area contributed by atoms with Gasteiger partial charge in [-0.1, -0.05) is 48.5 Å². The molecule has 7 heteroatoms. The lowest BCUT2D eigenvalue weighted by Crippen LogP contribution is -2.17. The quantitative estimate of drug-likeness (QED) is 0.346. The van der Waals surface area contributed by atoms with Crippen LogP contribution in [0.4, 0.5) is 5.82 Å². The summed E-state index contributed by atoms with van der Waals surface area (Å²) in [5, 5.41) is 20.9. The molecule has 1 aliphatic rings. The third-order valence-electron chi connectivity index (χ3n) is 4.89. The van der Waals surface area contributed by atoms with Gasteiger partial charge in [0, 0.05) is 10.8 Å². The average molecular weight is 339 g/mol. The molecule has 1 aliphatic heterocycles. The van der Waals surface area contributed by atoms with Gasteiger partial charge in [0.25, 0.3) is 0 Å². The molecular weight excluding hydrogens is 330 g/mol. The Kier molecular flexibility index (Phi) is 2.27. The number of carbonyl (C=O) groups is 2. The van der Waals surface area contributed by atoms with E-state index in [1.165, 1.54) is 0 Å². The molecule has 0 saturated heterocycles. The molecule has 0 radical (unpaired) electrons. The van der Waals surface area contributed by atoms with Gasteiger partial charge in [-0.3, -0.25) is 9.59 Å². The molecule has 3 heterocycles. The van der Waals surface area contributed by atoms with E-state index in [0.29, 0.717) is 16.9 Å². The first kappa shape index (κ1) is 13.4. The molecule has 26 heavy (non-hydrogen) atoms. The minimum atomic E-state index is -0.712. The van der Waals surface area contributed by atoms with Gasteiger partial charge in [0.05, 0.1) is 5.39 Å². The average Bonchev–Trinajstić information content (AvgIpc) is 3.18. The zero-order valence-electron chi connectivity index (χ0n) is 13.2. The van der Waals surface area contributed by atoms with E-state index in [4.69, 9.17) is 0 Å². The Labute approximate surface area is 145 Å². The molecule has 3 aromatic carbocycles. The predicted octanol–water partition coefficient (Wildman–Crippen LogP) is 2.88. The van der Waals surface area contributed by atoms with E-state index in [9.17, 15) is 9.59 Å². The maximum Gasteiger partial charge on any atom is 0.338 e. The normalized spacial score (nSPS) is 13.8. The van der Waals surface area contributed by atoms with Gasteiger partial charge in [0.15, 0.2) is 5.82 Å². The van der Waals surface area contributed by atoms with E-state index >= 15 is 0 Å². The summed E-state index contributed by atoms with van der Waals surface area (Å²) in [6.07, 6.45) is 0. The number of fused-ring (bicyclic) bond motifs is 10. The highest BCUT2D eigenvalue weighted by molar-refractivity contribution is 6.46. The van der Waals surface area contributed by atoms with E-state index in [2.05, 4.69) is 32.7 Å². The van der Waals surface area contributed by atoms with Crippen LogP contribution in [0.3, 0.4) is 0 Å². The highest BCUT2D eigenvalue weighted by Crippen LogP contribution is 2.39. The van der Waals surface area contributed by atoms with Crippen molar-refractivity contribution in [1.29, 1.82) is 0 Å². The molecule has 0 aliphatic carbocycles. The second-order valence-corrected chi connectivity index (χ2v) is 6.23. The smallest absolute Gasteiger partial charge is 0.301 e. The molecule has 2 aromatic heterocycles. The lowest BCUT2D eigenvalue weighted by Gasteiger charge is -2.09. The van der Waals surface area contributed by atoms with Crippen LogP contribution in [-0.4, -0.2) is 31.8 Å². The third-order valence-corrected chi connectivity index (χ3v) is 4.89. The van der Waals surface area contributed by atoms with Crippen LogP contribution in [0.25, 0.3) is 43.5 Å². The molecule has 0 bridgehead atoms. The third kappa shape index (κ3) is 1.46. The summed E-state index contributed by atoms with van der Waals surface area (Å²) in [6, 6.07) is 16.0. The fourth-order valence-corrected chi connectivity index (χ4v) is 3.80. The van der Waals surface area contributed by atoms with Crippen LogP contribution < -0.4 is 5.32 Å². The van der Waals surface area contributed by atoms with Crippen molar-refractivity contribution in [1.82, 2.24) is 20.0 Å². The van der Waals surface area contributed by atoms with Crippen molar-refractivity contribution in [2.45, 2.75) is 0 Å². The van der Waals surface area contributed by atoms with Gasteiger partial charge in [0.1, 0.15) is 5.52 Å². The largest absolute Gasteiger partial charge is 0.338 e. The number of anilines is 1. The summed E-state index contributed by atoms with van der Waals surface area (Å²) in [7, 11) is 0. The molecule has 0 unspecified atom stereocenters. The van der Waals surface area contributed by atoms with Gasteiger partial charge >= 0.3 is 11.8 Å². The van der Waals surface area contributed by atoms with Crippen LogP contribution in [-0.2, 0) is 4.79 Å². The molecule has 0 saturated carbocycles. The van der Waals surface area contributed by atoms with Gasteiger partial charge < -0.3 is 5.32 Å². The van der Waals surface area contributed by atoms with Gasteiger partial charge in [-0.25, -0.2) is 0 Å². The number of rotatable bonds is 0. The number of carbonyl (C=O) groups excluding carboxylic acids is 2. The van der Waals surface area contributed by atoms with E-state index in [-0.39, 0.29) is 0 Å². The van der Waals surface area contributed by atoms with Crippen molar-refractivity contribution < 1.29 is 9.59 Å². The van der Waals surface area contributed by atoms with Crippen LogP contribution >= 0.6 is 0 Å². The fraction of sp³-hybridized carbons (Fsp3) is 0. The molecule has 0 spiro atoms. The molecule has 5 aromatic rings. The van der Waals surface area contributed by atoms with Crippen molar-refractivity contribution in [3.05, 3.63) is 48.5 Å². The number of nitrogens with zero attached hydrogens (tertiary/aromatic N) is 4. The predicted molar refractivity (Wildman–Crippen MR) is 97.1 cm³/mol. The number of nitrogens with one attached hydrogen (secondary N) is 1. The summed E-state index contributed by atoms with van der Waals surface area (Å²) in [5.74, 6) is -1.05. The Morgan fingerprint density at radius 2 is 1.42 bits per heavy atom. The van der Waals surface area contributed by atoms with Crippen molar-refractivity contribution in [2.24, 2.45) is 0 Å². The number of hydrogen-bond donors (Lipinski definition) is 1. The van der Waals surface area contributed by atoms with Gasteiger partial charge in [0.2, 0.25) is 5.65 Å². The van der Waals surface area contributed by atoms with Crippen molar-refractivity contribution in [3.8, 4) is 0 Å². The molecular formula is C19H9N5O2. The van der Waals surface area contributed by atoms with E-state index in [0.717, 1.165) is 37.1 Å². The molecule has 0 atom stereocenters. The van der Waals surface area contributed by atoms with Gasteiger partial charge in [-0.2, -0.15) is 4.68 Å². The molecule has 0 fully saturated rings. The first-order chi connectivity index (χ1) is 12.7. The van der Waals surface area contributed by atoms with Crippen molar-refractivity contribution in [2.75, 3.05) is 5.32 Å². The first-order valence-electron chi connectivity index (χ1n) is 8.08. The number of hydrogen-bond acceptors (Lipinski definition) is 5. The topological polar surface area (TPSA) is 89.8 Å². The molecule has 6 rings (SSSR count). The number of amides is 1. The summed E-state index contributed by atoms with van der Waals surface area (Å²) >= 11 is 0. The Balaban J connectivity index is 1.97. The lowest BCUT2D eigenvalue weighted by atomic mass is 9.96. The number of benzene rings is 3. The zero-order valence-corrected chi connectivity index (χ0v) is 13.2. The van der Waals surface area contributed by atoms with Crippen LogP contribution in [0, 0.1) is 0 Å². The summed E-state index contributed by atoms with van der Waals surface area (Å²) < 4.78 is 1.07. The van der Waals surface area contributed by atoms with E-state index in [1.54, 1.807) is 0 Å². The standard InChI is InChI=1S/C19H9N5O2/c25-18-19(26)24-17(20-18)14-13-11-7-3-1-5-9(11)10-6-2-4-8-12(10)15(13)21-22-16(14)23-24/h1-8H,(H,20,25). The Morgan fingerprint density at radius 1 is 0.769 bits per heavy atom. The molecule has 1 amide bonds. The highest BCUT2D eigenvalue weighted by Gasteiger charge is 2.33. The van der Waals surface area contributed by atoms with Crippen LogP contribution in [0.5, 0.6) is 0 Å². The summed E-state index contributed by atoms with van der Waals surface area (Å²) in [5.41, 5.74) is 1.05. The maximum absolute atomic E-state index is 12.0. The monoisotopic (exact) mass is 339 g/mol. The summed E-state index contributed by atoms with van der Waals surface area (Å²) in [4.78, 5) is 23.8. The van der Waals surface area contributed by atoms with Gasteiger partial charge in [-0.05, 0) is 16.2 Å². The summed E-state index contributed by atoms with van der Waals surface area (Å²) in [6.45, 7) is 0. The van der Waals surface area contributed by atoms with E-state index < -0.39 is 11.8 Å². The SMILES string of the molecule is O=C1Nc2c3c(nnc4c5ccccc5c5ccccc5c43)nn2C1=O. The van der Waals surface area contributed by atoms with Crippen LogP contribution in [0.1, 0.15) is 4.79 Å². The van der Waals surface area contributed by atoms with Crippen LogP contribution in [0.2, 0.25) is 0 Å². The molecule has 122 valence electrons. The van der Waals surface area contributed by atoms with Gasteiger partial charge in [-0.15, -0.1) is 15.3 Å². The Hall–Kier alpha value is -3.87. The second kappa shape index (κ2) is 4.40.